The van der Waals surface area contributed by atoms with Crippen LogP contribution < -0.4 is 11.1 Å². The Labute approximate surface area is 102 Å². The Kier molecular flexibility index (Phi) is 5.15. The molecule has 1 aromatic rings. The minimum Gasteiger partial charge on any atom is -0.352 e. The highest BCUT2D eigenvalue weighted by Gasteiger charge is 2.18. The van der Waals surface area contributed by atoms with E-state index < -0.39 is 6.04 Å². The van der Waals surface area contributed by atoms with Gasteiger partial charge in [-0.15, -0.1) is 0 Å². The van der Waals surface area contributed by atoms with Gasteiger partial charge in [-0.05, 0) is 13.3 Å². The van der Waals surface area contributed by atoms with Crippen molar-refractivity contribution < 1.29 is 4.79 Å². The zero-order valence-electron chi connectivity index (χ0n) is 10.8. The van der Waals surface area contributed by atoms with Crippen molar-refractivity contribution in [3.05, 3.63) is 18.0 Å². The highest BCUT2D eigenvalue weighted by molar-refractivity contribution is 5.82. The number of hydrogen-bond acceptors (Lipinski definition) is 3. The molecule has 1 amide bonds. The molecule has 1 aromatic heterocycles. The van der Waals surface area contributed by atoms with Gasteiger partial charge in [0.05, 0.1) is 6.20 Å². The van der Waals surface area contributed by atoms with Gasteiger partial charge in [0.15, 0.2) is 0 Å². The van der Waals surface area contributed by atoms with Crippen LogP contribution in [0.5, 0.6) is 0 Å². The van der Waals surface area contributed by atoms with Crippen molar-refractivity contribution in [2.45, 2.75) is 45.2 Å². The molecule has 0 saturated carbocycles. The molecule has 0 aliphatic heterocycles. The summed E-state index contributed by atoms with van der Waals surface area (Å²) in [6.07, 6.45) is 6.63. The van der Waals surface area contributed by atoms with E-state index in [4.69, 9.17) is 5.73 Å². The fourth-order valence-corrected chi connectivity index (χ4v) is 1.67. The lowest BCUT2D eigenvalue weighted by atomic mass is 10.1. The second kappa shape index (κ2) is 6.39. The van der Waals surface area contributed by atoms with Crippen molar-refractivity contribution >= 4 is 5.91 Å². The predicted octanol–water partition coefficient (Wildman–Crippen LogP) is 1.11. The molecule has 1 heterocycles. The standard InChI is InChI=1S/C12H22N4O/c1-4-5-6-9(2)15-12(17)11(13)10-7-14-16(3)8-10/h7-9,11H,4-6,13H2,1-3H3,(H,15,17). The third-order valence-electron chi connectivity index (χ3n) is 2.75. The summed E-state index contributed by atoms with van der Waals surface area (Å²) in [7, 11) is 1.80. The molecule has 0 bridgehead atoms. The SMILES string of the molecule is CCCCC(C)NC(=O)C(N)c1cnn(C)c1. The van der Waals surface area contributed by atoms with E-state index in [-0.39, 0.29) is 11.9 Å². The van der Waals surface area contributed by atoms with E-state index in [0.29, 0.717) is 0 Å². The number of aryl methyl sites for hydroxylation is 1. The number of carbonyl (C=O) groups is 1. The van der Waals surface area contributed by atoms with Gasteiger partial charge in [-0.2, -0.15) is 5.10 Å². The molecule has 5 nitrogen and oxygen atoms in total. The minimum absolute atomic E-state index is 0.137. The highest BCUT2D eigenvalue weighted by Crippen LogP contribution is 2.09. The maximum Gasteiger partial charge on any atom is 0.241 e. The van der Waals surface area contributed by atoms with Crippen LogP contribution in [-0.2, 0) is 11.8 Å². The van der Waals surface area contributed by atoms with E-state index in [2.05, 4.69) is 17.3 Å². The number of nitrogens with one attached hydrogen (secondary N) is 1. The monoisotopic (exact) mass is 238 g/mol. The number of carbonyl (C=O) groups excluding carboxylic acids is 1. The van der Waals surface area contributed by atoms with E-state index in [1.165, 1.54) is 0 Å². The minimum atomic E-state index is -0.632. The molecular formula is C12H22N4O. The molecule has 3 N–H and O–H groups in total. The van der Waals surface area contributed by atoms with Crippen molar-refractivity contribution in [2.75, 3.05) is 0 Å². The van der Waals surface area contributed by atoms with Gasteiger partial charge in [-0.3, -0.25) is 9.48 Å². The molecule has 5 heteroatoms. The van der Waals surface area contributed by atoms with Crippen molar-refractivity contribution in [1.82, 2.24) is 15.1 Å². The fraction of sp³-hybridized carbons (Fsp3) is 0.667. The number of amides is 1. The molecule has 0 aliphatic carbocycles. The van der Waals surface area contributed by atoms with E-state index in [9.17, 15) is 4.79 Å². The summed E-state index contributed by atoms with van der Waals surface area (Å²) in [5.74, 6) is -0.137. The van der Waals surface area contributed by atoms with E-state index in [1.54, 1.807) is 24.1 Å². The van der Waals surface area contributed by atoms with Crippen LogP contribution in [-0.4, -0.2) is 21.7 Å². The zero-order valence-corrected chi connectivity index (χ0v) is 10.8. The van der Waals surface area contributed by atoms with Crippen LogP contribution in [0.15, 0.2) is 12.4 Å². The lowest BCUT2D eigenvalue weighted by molar-refractivity contribution is -0.123. The Balaban J connectivity index is 2.47. The van der Waals surface area contributed by atoms with Gasteiger partial charge in [-0.25, -0.2) is 0 Å². The first-order valence-electron chi connectivity index (χ1n) is 6.09. The van der Waals surface area contributed by atoms with Crippen LogP contribution in [0.1, 0.15) is 44.7 Å². The summed E-state index contributed by atoms with van der Waals surface area (Å²) in [5.41, 5.74) is 6.61. The molecule has 0 saturated heterocycles. The van der Waals surface area contributed by atoms with Gasteiger partial charge in [-0.1, -0.05) is 19.8 Å². The summed E-state index contributed by atoms with van der Waals surface area (Å²) in [5, 5.41) is 6.93. The summed E-state index contributed by atoms with van der Waals surface area (Å²) in [6, 6.07) is -0.460. The van der Waals surface area contributed by atoms with Gasteiger partial charge >= 0.3 is 0 Å². The van der Waals surface area contributed by atoms with Crippen molar-refractivity contribution in [2.24, 2.45) is 12.8 Å². The molecule has 2 atom stereocenters. The normalized spacial score (nSPS) is 14.4. The Morgan fingerprint density at radius 2 is 2.35 bits per heavy atom. The fourth-order valence-electron chi connectivity index (χ4n) is 1.67. The number of hydrogen-bond donors (Lipinski definition) is 2. The first-order chi connectivity index (χ1) is 8.04. The molecule has 17 heavy (non-hydrogen) atoms. The summed E-state index contributed by atoms with van der Waals surface area (Å²) < 4.78 is 1.64. The zero-order chi connectivity index (χ0) is 12.8. The Bertz CT molecular complexity index is 361. The number of rotatable bonds is 6. The second-order valence-corrected chi connectivity index (χ2v) is 4.48. The Hall–Kier alpha value is -1.36. The van der Waals surface area contributed by atoms with Crippen molar-refractivity contribution in [3.8, 4) is 0 Å². The summed E-state index contributed by atoms with van der Waals surface area (Å²) in [4.78, 5) is 11.9. The lowest BCUT2D eigenvalue weighted by Gasteiger charge is -2.16. The first kappa shape index (κ1) is 13.7. The predicted molar refractivity (Wildman–Crippen MR) is 67.3 cm³/mol. The Morgan fingerprint density at radius 1 is 1.65 bits per heavy atom. The number of unbranched alkanes of at least 4 members (excludes halogenated alkanes) is 1. The summed E-state index contributed by atoms with van der Waals surface area (Å²) >= 11 is 0. The molecule has 96 valence electrons. The van der Waals surface area contributed by atoms with Gasteiger partial charge in [0.2, 0.25) is 5.91 Å². The third kappa shape index (κ3) is 4.19. The van der Waals surface area contributed by atoms with Crippen LogP contribution in [0.25, 0.3) is 0 Å². The average Bonchev–Trinajstić information content (AvgIpc) is 2.72. The van der Waals surface area contributed by atoms with E-state index in [0.717, 1.165) is 24.8 Å². The molecule has 0 aromatic carbocycles. The van der Waals surface area contributed by atoms with Gasteiger partial charge < -0.3 is 11.1 Å². The molecule has 1 rings (SSSR count). The van der Waals surface area contributed by atoms with Crippen LogP contribution in [0, 0.1) is 0 Å². The topological polar surface area (TPSA) is 72.9 Å². The summed E-state index contributed by atoms with van der Waals surface area (Å²) in [6.45, 7) is 4.14. The molecular weight excluding hydrogens is 216 g/mol. The maximum atomic E-state index is 11.9. The molecule has 0 radical (unpaired) electrons. The smallest absolute Gasteiger partial charge is 0.241 e. The van der Waals surface area contributed by atoms with Crippen molar-refractivity contribution in [1.29, 1.82) is 0 Å². The van der Waals surface area contributed by atoms with Gasteiger partial charge in [0.1, 0.15) is 6.04 Å². The molecule has 0 spiro atoms. The first-order valence-corrected chi connectivity index (χ1v) is 6.09. The van der Waals surface area contributed by atoms with Crippen molar-refractivity contribution in [3.63, 3.8) is 0 Å². The van der Waals surface area contributed by atoms with Crippen LogP contribution in [0.4, 0.5) is 0 Å². The van der Waals surface area contributed by atoms with Crippen LogP contribution in [0.2, 0.25) is 0 Å². The molecule has 2 unspecified atom stereocenters. The highest BCUT2D eigenvalue weighted by atomic mass is 16.2. The quantitative estimate of drug-likeness (QED) is 0.780. The van der Waals surface area contributed by atoms with E-state index in [1.807, 2.05) is 6.92 Å². The number of nitrogens with two attached hydrogens (primary N) is 1. The van der Waals surface area contributed by atoms with Gasteiger partial charge in [0, 0.05) is 24.8 Å². The molecule has 0 aliphatic rings. The number of aromatic nitrogens is 2. The number of nitrogens with zero attached hydrogens (tertiary/aromatic N) is 2. The molecule has 0 fully saturated rings. The maximum absolute atomic E-state index is 11.9. The Morgan fingerprint density at radius 3 is 2.88 bits per heavy atom. The average molecular weight is 238 g/mol. The van der Waals surface area contributed by atoms with Crippen LogP contribution in [0.3, 0.4) is 0 Å². The van der Waals surface area contributed by atoms with E-state index >= 15 is 0 Å². The lowest BCUT2D eigenvalue weighted by Crippen LogP contribution is -2.39. The third-order valence-corrected chi connectivity index (χ3v) is 2.75. The van der Waals surface area contributed by atoms with Crippen LogP contribution >= 0.6 is 0 Å². The second-order valence-electron chi connectivity index (χ2n) is 4.48. The largest absolute Gasteiger partial charge is 0.352 e. The van der Waals surface area contributed by atoms with Gasteiger partial charge in [0.25, 0.3) is 0 Å².